The van der Waals surface area contributed by atoms with Crippen molar-refractivity contribution in [1.82, 2.24) is 4.98 Å². The van der Waals surface area contributed by atoms with E-state index in [2.05, 4.69) is 10.3 Å². The summed E-state index contributed by atoms with van der Waals surface area (Å²) in [7, 11) is 0. The zero-order valence-corrected chi connectivity index (χ0v) is 14.7. The number of nitrogens with zero attached hydrogens (tertiary/aromatic N) is 1. The Morgan fingerprint density at radius 2 is 1.84 bits per heavy atom. The molecule has 1 heterocycles. The summed E-state index contributed by atoms with van der Waals surface area (Å²) < 4.78 is 18.0. The van der Waals surface area contributed by atoms with Crippen LogP contribution in [0.3, 0.4) is 0 Å². The Bertz CT molecular complexity index is 873. The second-order valence-electron chi connectivity index (χ2n) is 5.35. The summed E-state index contributed by atoms with van der Waals surface area (Å²) in [5.41, 5.74) is 3.04. The van der Waals surface area contributed by atoms with Crippen molar-refractivity contribution in [2.75, 3.05) is 11.9 Å². The van der Waals surface area contributed by atoms with Crippen LogP contribution in [0.4, 0.5) is 15.2 Å². The van der Waals surface area contributed by atoms with Crippen molar-refractivity contribution in [1.29, 1.82) is 0 Å². The molecule has 0 spiro atoms. The molecule has 0 amide bonds. The smallest absolute Gasteiger partial charge is 0.338 e. The van der Waals surface area contributed by atoms with Crippen LogP contribution in [-0.2, 0) is 4.74 Å². The molecule has 1 aromatic heterocycles. The molecule has 0 radical (unpaired) electrons. The maximum Gasteiger partial charge on any atom is 0.338 e. The number of aryl methyl sites for hydroxylation is 1. The highest BCUT2D eigenvalue weighted by atomic mass is 32.1. The zero-order valence-electron chi connectivity index (χ0n) is 13.9. The zero-order chi connectivity index (χ0) is 17.8. The number of carbonyl (C=O) groups excluding carboxylic acids is 1. The lowest BCUT2D eigenvalue weighted by Gasteiger charge is -2.04. The van der Waals surface area contributed by atoms with E-state index in [0.29, 0.717) is 12.2 Å². The molecular formula is C19H17FN2O2S. The standard InChI is InChI=1S/C19H17FN2O2S/c1-3-24-18(23)14-6-10-16(11-7-14)21-19-22-17(12(2)25-19)13-4-8-15(20)9-5-13/h4-11H,3H2,1-2H3,(H,21,22). The Morgan fingerprint density at radius 3 is 2.48 bits per heavy atom. The first-order valence-corrected chi connectivity index (χ1v) is 8.66. The average Bonchev–Trinajstić information content (AvgIpc) is 2.97. The molecule has 1 N–H and O–H groups in total. The van der Waals surface area contributed by atoms with Crippen molar-refractivity contribution in [3.8, 4) is 11.3 Å². The molecule has 3 rings (SSSR count). The molecule has 0 fully saturated rings. The summed E-state index contributed by atoms with van der Waals surface area (Å²) in [5, 5.41) is 3.96. The number of thiazole rings is 1. The summed E-state index contributed by atoms with van der Waals surface area (Å²) in [6.07, 6.45) is 0. The summed E-state index contributed by atoms with van der Waals surface area (Å²) in [5.74, 6) is -0.602. The minimum atomic E-state index is -0.335. The molecule has 2 aromatic carbocycles. The van der Waals surface area contributed by atoms with Crippen LogP contribution in [0.25, 0.3) is 11.3 Å². The fourth-order valence-electron chi connectivity index (χ4n) is 2.35. The summed E-state index contributed by atoms with van der Waals surface area (Å²) in [6.45, 7) is 4.10. The molecule has 0 saturated heterocycles. The largest absolute Gasteiger partial charge is 0.462 e. The molecule has 0 bridgehead atoms. The number of hydrogen-bond acceptors (Lipinski definition) is 5. The number of aromatic nitrogens is 1. The van der Waals surface area contributed by atoms with Gasteiger partial charge in [0.25, 0.3) is 0 Å². The SMILES string of the molecule is CCOC(=O)c1ccc(Nc2nc(-c3ccc(F)cc3)c(C)s2)cc1. The minimum absolute atomic E-state index is 0.267. The van der Waals surface area contributed by atoms with Crippen LogP contribution in [-0.4, -0.2) is 17.6 Å². The molecule has 0 aliphatic heterocycles. The summed E-state index contributed by atoms with van der Waals surface area (Å²) >= 11 is 1.52. The number of halogens is 1. The van der Waals surface area contributed by atoms with E-state index in [9.17, 15) is 9.18 Å². The maximum absolute atomic E-state index is 13.1. The van der Waals surface area contributed by atoms with Gasteiger partial charge in [-0.25, -0.2) is 14.2 Å². The lowest BCUT2D eigenvalue weighted by molar-refractivity contribution is 0.0526. The molecule has 128 valence electrons. The maximum atomic E-state index is 13.1. The number of nitrogens with one attached hydrogen (secondary N) is 1. The highest BCUT2D eigenvalue weighted by Crippen LogP contribution is 2.32. The number of esters is 1. The number of ether oxygens (including phenoxy) is 1. The van der Waals surface area contributed by atoms with E-state index < -0.39 is 0 Å². The van der Waals surface area contributed by atoms with Gasteiger partial charge in [0.05, 0.1) is 17.9 Å². The van der Waals surface area contributed by atoms with Gasteiger partial charge in [-0.15, -0.1) is 11.3 Å². The normalized spacial score (nSPS) is 10.5. The van der Waals surface area contributed by atoms with Crippen molar-refractivity contribution >= 4 is 28.1 Å². The van der Waals surface area contributed by atoms with E-state index in [0.717, 1.165) is 27.0 Å². The minimum Gasteiger partial charge on any atom is -0.462 e. The Labute approximate surface area is 149 Å². The van der Waals surface area contributed by atoms with Crippen molar-refractivity contribution in [3.05, 3.63) is 64.8 Å². The van der Waals surface area contributed by atoms with Gasteiger partial charge >= 0.3 is 5.97 Å². The van der Waals surface area contributed by atoms with Crippen molar-refractivity contribution in [2.24, 2.45) is 0 Å². The molecule has 0 aliphatic carbocycles. The third-order valence-electron chi connectivity index (χ3n) is 3.56. The second-order valence-corrected chi connectivity index (χ2v) is 6.56. The Hall–Kier alpha value is -2.73. The van der Waals surface area contributed by atoms with E-state index >= 15 is 0 Å². The van der Waals surface area contributed by atoms with Crippen LogP contribution in [0.5, 0.6) is 0 Å². The van der Waals surface area contributed by atoms with Crippen LogP contribution in [0.2, 0.25) is 0 Å². The monoisotopic (exact) mass is 356 g/mol. The molecule has 0 unspecified atom stereocenters. The lowest BCUT2D eigenvalue weighted by Crippen LogP contribution is -2.04. The molecule has 25 heavy (non-hydrogen) atoms. The van der Waals surface area contributed by atoms with Gasteiger partial charge in [-0.1, -0.05) is 0 Å². The van der Waals surface area contributed by atoms with Gasteiger partial charge in [-0.3, -0.25) is 0 Å². The molecule has 0 saturated carbocycles. The van der Waals surface area contributed by atoms with Crippen LogP contribution >= 0.6 is 11.3 Å². The third-order valence-corrected chi connectivity index (χ3v) is 4.45. The van der Waals surface area contributed by atoms with E-state index in [1.54, 1.807) is 43.3 Å². The van der Waals surface area contributed by atoms with Gasteiger partial charge in [0.2, 0.25) is 0 Å². The first-order chi connectivity index (χ1) is 12.1. The molecule has 0 atom stereocenters. The third kappa shape index (κ3) is 4.03. The van der Waals surface area contributed by atoms with E-state index in [-0.39, 0.29) is 11.8 Å². The van der Waals surface area contributed by atoms with Crippen molar-refractivity contribution < 1.29 is 13.9 Å². The lowest BCUT2D eigenvalue weighted by atomic mass is 10.1. The number of anilines is 2. The van der Waals surface area contributed by atoms with Gasteiger partial charge in [0.15, 0.2) is 5.13 Å². The number of hydrogen-bond donors (Lipinski definition) is 1. The van der Waals surface area contributed by atoms with Gasteiger partial charge in [-0.2, -0.15) is 0 Å². The van der Waals surface area contributed by atoms with Gasteiger partial charge < -0.3 is 10.1 Å². The van der Waals surface area contributed by atoms with Gasteiger partial charge in [-0.05, 0) is 62.4 Å². The average molecular weight is 356 g/mol. The van der Waals surface area contributed by atoms with E-state index in [1.165, 1.54) is 23.5 Å². The molecule has 0 aliphatic rings. The molecule has 6 heteroatoms. The van der Waals surface area contributed by atoms with Crippen molar-refractivity contribution in [3.63, 3.8) is 0 Å². The first kappa shape index (κ1) is 17.1. The van der Waals surface area contributed by atoms with Crippen LogP contribution in [0, 0.1) is 12.7 Å². The topological polar surface area (TPSA) is 51.2 Å². The van der Waals surface area contributed by atoms with Crippen LogP contribution in [0.15, 0.2) is 48.5 Å². The van der Waals surface area contributed by atoms with Gasteiger partial charge in [0.1, 0.15) is 5.82 Å². The predicted octanol–water partition coefficient (Wildman–Crippen LogP) is 5.18. The molecular weight excluding hydrogens is 339 g/mol. The van der Waals surface area contributed by atoms with Crippen LogP contribution < -0.4 is 5.32 Å². The van der Waals surface area contributed by atoms with E-state index in [1.807, 2.05) is 6.92 Å². The summed E-state index contributed by atoms with van der Waals surface area (Å²) in [4.78, 5) is 17.3. The fraction of sp³-hybridized carbons (Fsp3) is 0.158. The Balaban J connectivity index is 1.76. The van der Waals surface area contributed by atoms with Crippen LogP contribution in [0.1, 0.15) is 22.2 Å². The van der Waals surface area contributed by atoms with Crippen molar-refractivity contribution in [2.45, 2.75) is 13.8 Å². The highest BCUT2D eigenvalue weighted by Gasteiger charge is 2.11. The number of carbonyl (C=O) groups is 1. The van der Waals surface area contributed by atoms with E-state index in [4.69, 9.17) is 4.74 Å². The quantitative estimate of drug-likeness (QED) is 0.640. The molecule has 4 nitrogen and oxygen atoms in total. The fourth-order valence-corrected chi connectivity index (χ4v) is 3.21. The molecule has 3 aromatic rings. The second kappa shape index (κ2) is 7.44. The highest BCUT2D eigenvalue weighted by molar-refractivity contribution is 7.16. The first-order valence-electron chi connectivity index (χ1n) is 7.84. The summed E-state index contributed by atoms with van der Waals surface area (Å²) in [6, 6.07) is 13.3. The Morgan fingerprint density at radius 1 is 1.16 bits per heavy atom. The Kier molecular flexibility index (Phi) is 5.09. The van der Waals surface area contributed by atoms with Gasteiger partial charge in [0, 0.05) is 16.1 Å². The number of rotatable bonds is 5. The predicted molar refractivity (Wildman–Crippen MR) is 97.9 cm³/mol. The number of benzene rings is 2.